The van der Waals surface area contributed by atoms with Crippen molar-refractivity contribution in [3.8, 4) is 0 Å². The Bertz CT molecular complexity index is 331. The SMILES string of the molecule is CC.CC(c1ccccc1)N1CCC(CCF)C1.CCO. The molecule has 2 nitrogen and oxygen atoms in total. The molecule has 2 unspecified atom stereocenters. The van der Waals surface area contributed by atoms with E-state index in [0.717, 1.165) is 25.9 Å². The zero-order chi connectivity index (χ0) is 16.1. The number of benzene rings is 1. The van der Waals surface area contributed by atoms with Gasteiger partial charge in [-0.25, -0.2) is 0 Å². The van der Waals surface area contributed by atoms with Gasteiger partial charge < -0.3 is 5.11 Å². The van der Waals surface area contributed by atoms with Crippen LogP contribution in [0, 0.1) is 5.92 Å². The van der Waals surface area contributed by atoms with Crippen molar-refractivity contribution in [2.24, 2.45) is 5.92 Å². The van der Waals surface area contributed by atoms with E-state index in [1.165, 1.54) is 5.56 Å². The van der Waals surface area contributed by atoms with Gasteiger partial charge in [-0.15, -0.1) is 0 Å². The van der Waals surface area contributed by atoms with Crippen LogP contribution in [-0.4, -0.2) is 36.4 Å². The topological polar surface area (TPSA) is 23.5 Å². The minimum atomic E-state index is -0.168. The Labute approximate surface area is 130 Å². The van der Waals surface area contributed by atoms with Crippen LogP contribution in [0.4, 0.5) is 4.39 Å². The third-order valence-electron chi connectivity index (χ3n) is 3.66. The maximum atomic E-state index is 12.3. The largest absolute Gasteiger partial charge is 0.397 e. The van der Waals surface area contributed by atoms with Crippen molar-refractivity contribution in [1.29, 1.82) is 0 Å². The van der Waals surface area contributed by atoms with Crippen molar-refractivity contribution in [3.05, 3.63) is 35.9 Å². The molecule has 0 saturated carbocycles. The van der Waals surface area contributed by atoms with Gasteiger partial charge in [-0.1, -0.05) is 44.2 Å². The maximum absolute atomic E-state index is 12.3. The molecule has 0 aliphatic carbocycles. The third kappa shape index (κ3) is 7.58. The fraction of sp³-hybridized carbons (Fsp3) is 0.667. The van der Waals surface area contributed by atoms with Crippen molar-refractivity contribution >= 4 is 0 Å². The normalized spacial score (nSPS) is 19.0. The van der Waals surface area contributed by atoms with Crippen molar-refractivity contribution in [1.82, 2.24) is 4.90 Å². The van der Waals surface area contributed by atoms with Crippen LogP contribution in [0.2, 0.25) is 0 Å². The number of likely N-dealkylation sites (tertiary alicyclic amines) is 1. The van der Waals surface area contributed by atoms with Crippen LogP contribution in [-0.2, 0) is 0 Å². The van der Waals surface area contributed by atoms with Crippen LogP contribution in [0.1, 0.15) is 52.1 Å². The average Bonchev–Trinajstić information content (AvgIpc) is 2.99. The molecule has 0 aromatic heterocycles. The lowest BCUT2D eigenvalue weighted by Gasteiger charge is -2.24. The quantitative estimate of drug-likeness (QED) is 0.887. The maximum Gasteiger partial charge on any atom is 0.0897 e. The first-order chi connectivity index (χ1) is 10.2. The second-order valence-corrected chi connectivity index (χ2v) is 5.03. The number of hydrogen-bond acceptors (Lipinski definition) is 2. The molecule has 1 saturated heterocycles. The molecule has 0 radical (unpaired) electrons. The molecule has 3 heteroatoms. The summed E-state index contributed by atoms with van der Waals surface area (Å²) >= 11 is 0. The summed E-state index contributed by atoms with van der Waals surface area (Å²) in [5.41, 5.74) is 1.36. The number of nitrogens with zero attached hydrogens (tertiary/aromatic N) is 1. The number of rotatable bonds is 4. The summed E-state index contributed by atoms with van der Waals surface area (Å²) in [5.74, 6) is 0.566. The Morgan fingerprint density at radius 1 is 1.29 bits per heavy atom. The molecule has 2 atom stereocenters. The van der Waals surface area contributed by atoms with E-state index in [1.54, 1.807) is 6.92 Å². The third-order valence-corrected chi connectivity index (χ3v) is 3.66. The lowest BCUT2D eigenvalue weighted by Crippen LogP contribution is -2.24. The highest BCUT2D eigenvalue weighted by molar-refractivity contribution is 5.18. The fourth-order valence-electron chi connectivity index (χ4n) is 2.55. The highest BCUT2D eigenvalue weighted by Crippen LogP contribution is 2.28. The van der Waals surface area contributed by atoms with E-state index < -0.39 is 0 Å². The summed E-state index contributed by atoms with van der Waals surface area (Å²) in [4.78, 5) is 2.47. The molecule has 21 heavy (non-hydrogen) atoms. The minimum Gasteiger partial charge on any atom is -0.397 e. The van der Waals surface area contributed by atoms with Gasteiger partial charge in [0.05, 0.1) is 6.67 Å². The molecule has 1 aromatic carbocycles. The zero-order valence-corrected chi connectivity index (χ0v) is 14.1. The highest BCUT2D eigenvalue weighted by Gasteiger charge is 2.26. The standard InChI is InChI=1S/C14H20FN.C2H6O.C2H6/c1-12(14-5-3-2-4-6-14)16-10-8-13(11-16)7-9-15;1-2-3;1-2/h2-6,12-13H,7-11H2,1H3;3H,2H2,1H3;1-2H3. The predicted molar refractivity (Wildman–Crippen MR) is 89.2 cm³/mol. The van der Waals surface area contributed by atoms with E-state index in [1.807, 2.05) is 19.9 Å². The van der Waals surface area contributed by atoms with E-state index in [0.29, 0.717) is 12.0 Å². The Hall–Kier alpha value is -0.930. The smallest absolute Gasteiger partial charge is 0.0897 e. The van der Waals surface area contributed by atoms with Crippen LogP contribution in [0.25, 0.3) is 0 Å². The van der Waals surface area contributed by atoms with Crippen LogP contribution < -0.4 is 0 Å². The second-order valence-electron chi connectivity index (χ2n) is 5.03. The molecule has 0 amide bonds. The first-order valence-electron chi connectivity index (χ1n) is 8.18. The highest BCUT2D eigenvalue weighted by atomic mass is 19.1. The molecule has 1 N–H and O–H groups in total. The summed E-state index contributed by atoms with van der Waals surface area (Å²) in [5, 5.41) is 7.57. The minimum absolute atomic E-state index is 0.168. The lowest BCUT2D eigenvalue weighted by atomic mass is 10.1. The molecule has 1 aliphatic rings. The second kappa shape index (κ2) is 12.8. The first kappa shape index (κ1) is 20.1. The molecule has 0 spiro atoms. The molecule has 1 fully saturated rings. The van der Waals surface area contributed by atoms with Gasteiger partial charge in [-0.05, 0) is 44.7 Å². The lowest BCUT2D eigenvalue weighted by molar-refractivity contribution is 0.247. The predicted octanol–water partition coefficient (Wildman–Crippen LogP) is 4.45. The van der Waals surface area contributed by atoms with E-state index in [9.17, 15) is 4.39 Å². The van der Waals surface area contributed by atoms with Gasteiger partial charge in [0.2, 0.25) is 0 Å². The Kier molecular flexibility index (Phi) is 12.2. The van der Waals surface area contributed by atoms with E-state index in [2.05, 4.69) is 36.1 Å². The van der Waals surface area contributed by atoms with Crippen molar-refractivity contribution in [2.75, 3.05) is 26.4 Å². The summed E-state index contributed by atoms with van der Waals surface area (Å²) in [6.07, 6.45) is 1.89. The zero-order valence-electron chi connectivity index (χ0n) is 14.1. The molecular weight excluding hydrogens is 265 g/mol. The van der Waals surface area contributed by atoms with Gasteiger partial charge in [-0.2, -0.15) is 0 Å². The Balaban J connectivity index is 0.000000713. The Morgan fingerprint density at radius 3 is 2.38 bits per heavy atom. The number of halogens is 1. The Morgan fingerprint density at radius 2 is 1.86 bits per heavy atom. The summed E-state index contributed by atoms with van der Waals surface area (Å²) in [7, 11) is 0. The summed E-state index contributed by atoms with van der Waals surface area (Å²) in [6.45, 7) is 10.2. The monoisotopic (exact) mass is 297 g/mol. The van der Waals surface area contributed by atoms with E-state index >= 15 is 0 Å². The van der Waals surface area contributed by atoms with Crippen molar-refractivity contribution < 1.29 is 9.50 Å². The fourth-order valence-corrected chi connectivity index (χ4v) is 2.55. The van der Waals surface area contributed by atoms with Crippen LogP contribution in [0.3, 0.4) is 0 Å². The molecule has 1 aliphatic heterocycles. The van der Waals surface area contributed by atoms with Gasteiger partial charge >= 0.3 is 0 Å². The summed E-state index contributed by atoms with van der Waals surface area (Å²) < 4.78 is 12.3. The van der Waals surface area contributed by atoms with E-state index in [-0.39, 0.29) is 13.3 Å². The van der Waals surface area contributed by atoms with Gasteiger partial charge in [0.1, 0.15) is 0 Å². The van der Waals surface area contributed by atoms with Gasteiger partial charge in [0, 0.05) is 19.2 Å². The van der Waals surface area contributed by atoms with Gasteiger partial charge in [0.25, 0.3) is 0 Å². The van der Waals surface area contributed by atoms with Gasteiger partial charge in [-0.3, -0.25) is 9.29 Å². The number of hydrogen-bond donors (Lipinski definition) is 1. The molecule has 2 rings (SSSR count). The molecule has 0 bridgehead atoms. The van der Waals surface area contributed by atoms with Crippen LogP contribution in [0.5, 0.6) is 0 Å². The molecule has 1 aromatic rings. The van der Waals surface area contributed by atoms with E-state index in [4.69, 9.17) is 5.11 Å². The number of aliphatic hydroxyl groups excluding tert-OH is 1. The van der Waals surface area contributed by atoms with Crippen molar-refractivity contribution in [3.63, 3.8) is 0 Å². The van der Waals surface area contributed by atoms with Crippen molar-refractivity contribution in [2.45, 2.75) is 46.6 Å². The number of alkyl halides is 1. The summed E-state index contributed by atoms with van der Waals surface area (Å²) in [6, 6.07) is 11.0. The average molecular weight is 297 g/mol. The number of aliphatic hydroxyl groups is 1. The van der Waals surface area contributed by atoms with Crippen LogP contribution >= 0.6 is 0 Å². The molecule has 1 heterocycles. The molecule has 122 valence electrons. The molecular formula is C18H32FNO. The van der Waals surface area contributed by atoms with Gasteiger partial charge in [0.15, 0.2) is 0 Å². The first-order valence-corrected chi connectivity index (χ1v) is 8.18. The van der Waals surface area contributed by atoms with Crippen LogP contribution in [0.15, 0.2) is 30.3 Å².